The molecular weight excluding hydrogens is 220 g/mol. The van der Waals surface area contributed by atoms with Crippen molar-refractivity contribution in [1.29, 1.82) is 0 Å². The average molecular weight is 236 g/mol. The fourth-order valence-corrected chi connectivity index (χ4v) is 2.23. The molecule has 0 atom stereocenters. The van der Waals surface area contributed by atoms with Crippen LogP contribution in [0.25, 0.3) is 0 Å². The molecular formula is C13H16O4. The average Bonchev–Trinajstić information content (AvgIpc) is 2.60. The van der Waals surface area contributed by atoms with Crippen LogP contribution in [0.3, 0.4) is 0 Å². The summed E-state index contributed by atoms with van der Waals surface area (Å²) in [6.07, 6.45) is -0.0137. The molecule has 2 N–H and O–H groups in total. The zero-order chi connectivity index (χ0) is 12.6. The number of phenols is 1. The summed E-state index contributed by atoms with van der Waals surface area (Å²) in [7, 11) is 0. The summed E-state index contributed by atoms with van der Waals surface area (Å²) in [4.78, 5) is 10.8. The van der Waals surface area contributed by atoms with E-state index in [1.54, 1.807) is 6.07 Å². The predicted octanol–water partition coefficient (Wildman–Crippen LogP) is 2.17. The summed E-state index contributed by atoms with van der Waals surface area (Å²) in [6, 6.07) is 3.54. The Morgan fingerprint density at radius 2 is 1.94 bits per heavy atom. The van der Waals surface area contributed by atoms with Crippen LogP contribution in [0.1, 0.15) is 37.0 Å². The Labute approximate surface area is 99.8 Å². The Morgan fingerprint density at radius 1 is 1.35 bits per heavy atom. The second-order valence-electron chi connectivity index (χ2n) is 5.09. The zero-order valence-corrected chi connectivity index (χ0v) is 9.99. The monoisotopic (exact) mass is 236 g/mol. The molecule has 17 heavy (non-hydrogen) atoms. The number of ether oxygens (including phenoxy) is 1. The number of fused-ring (bicyclic) bond motifs is 1. The van der Waals surface area contributed by atoms with Crippen LogP contribution in [-0.2, 0) is 28.2 Å². The number of phenolic OH excluding ortho intramolecular Hbond substituents is 1. The summed E-state index contributed by atoms with van der Waals surface area (Å²) in [5.41, 5.74) is 2.10. The van der Waals surface area contributed by atoms with Crippen molar-refractivity contribution in [2.24, 2.45) is 0 Å². The first kappa shape index (κ1) is 11.9. The Kier molecular flexibility index (Phi) is 2.83. The van der Waals surface area contributed by atoms with Gasteiger partial charge in [-0.25, -0.2) is 0 Å². The molecule has 0 aliphatic carbocycles. The maximum Gasteiger partial charge on any atom is 0.304 e. The Bertz CT molecular complexity index is 463. The molecule has 0 radical (unpaired) electrons. The maximum absolute atomic E-state index is 10.8. The van der Waals surface area contributed by atoms with Crippen molar-refractivity contribution in [3.63, 3.8) is 0 Å². The van der Waals surface area contributed by atoms with Crippen molar-refractivity contribution < 1.29 is 19.7 Å². The van der Waals surface area contributed by atoms with E-state index < -0.39 is 11.4 Å². The van der Waals surface area contributed by atoms with Gasteiger partial charge in [-0.2, -0.15) is 0 Å². The van der Waals surface area contributed by atoms with Gasteiger partial charge >= 0.3 is 5.97 Å². The Balaban J connectivity index is 2.41. The first-order valence-corrected chi connectivity index (χ1v) is 5.55. The smallest absolute Gasteiger partial charge is 0.304 e. The quantitative estimate of drug-likeness (QED) is 0.844. The highest BCUT2D eigenvalue weighted by Crippen LogP contribution is 2.37. The van der Waals surface area contributed by atoms with Crippen LogP contribution in [0.4, 0.5) is 0 Å². The molecule has 92 valence electrons. The Morgan fingerprint density at radius 3 is 2.53 bits per heavy atom. The third-order valence-corrected chi connectivity index (χ3v) is 3.16. The molecule has 2 rings (SSSR count). The number of hydrogen-bond donors (Lipinski definition) is 2. The largest absolute Gasteiger partial charge is 0.508 e. The minimum Gasteiger partial charge on any atom is -0.508 e. The van der Waals surface area contributed by atoms with E-state index in [1.807, 2.05) is 19.9 Å². The van der Waals surface area contributed by atoms with E-state index >= 15 is 0 Å². The molecule has 0 aromatic heterocycles. The number of carboxylic acids is 1. The van der Waals surface area contributed by atoms with Gasteiger partial charge in [0.15, 0.2) is 0 Å². The first-order chi connectivity index (χ1) is 7.90. The zero-order valence-electron chi connectivity index (χ0n) is 9.99. The van der Waals surface area contributed by atoms with Gasteiger partial charge < -0.3 is 14.9 Å². The van der Waals surface area contributed by atoms with E-state index in [2.05, 4.69) is 0 Å². The van der Waals surface area contributed by atoms with Gasteiger partial charge in [-0.3, -0.25) is 4.79 Å². The molecule has 0 fully saturated rings. The molecule has 0 saturated carbocycles. The van der Waals surface area contributed by atoms with Crippen LogP contribution in [0, 0.1) is 0 Å². The Hall–Kier alpha value is -1.55. The SMILES string of the molecule is CC(C)(CC(=O)O)c1cc2c(cc1O)COC2. The number of rotatable bonds is 3. The molecule has 0 amide bonds. The number of carboxylic acid groups (broad SMARTS) is 1. The molecule has 4 heteroatoms. The summed E-state index contributed by atoms with van der Waals surface area (Å²) in [6.45, 7) is 4.69. The standard InChI is InChI=1S/C13H16O4/c1-13(2,5-12(15)16)10-3-8-6-17-7-9(8)4-11(10)14/h3-4,14H,5-7H2,1-2H3,(H,15,16). The maximum atomic E-state index is 10.8. The molecule has 1 aliphatic rings. The summed E-state index contributed by atoms with van der Waals surface area (Å²) in [5, 5.41) is 18.9. The van der Waals surface area contributed by atoms with Crippen LogP contribution in [0.2, 0.25) is 0 Å². The summed E-state index contributed by atoms with van der Waals surface area (Å²) >= 11 is 0. The number of aliphatic carboxylic acids is 1. The van der Waals surface area contributed by atoms with Crippen molar-refractivity contribution >= 4 is 5.97 Å². The molecule has 1 aromatic carbocycles. The highest BCUT2D eigenvalue weighted by Gasteiger charge is 2.28. The molecule has 0 unspecified atom stereocenters. The van der Waals surface area contributed by atoms with Crippen molar-refractivity contribution in [2.45, 2.75) is 38.9 Å². The van der Waals surface area contributed by atoms with Gasteiger partial charge in [0.25, 0.3) is 0 Å². The van der Waals surface area contributed by atoms with Crippen LogP contribution in [-0.4, -0.2) is 16.2 Å². The van der Waals surface area contributed by atoms with E-state index in [-0.39, 0.29) is 12.2 Å². The van der Waals surface area contributed by atoms with E-state index in [0.717, 1.165) is 11.1 Å². The van der Waals surface area contributed by atoms with E-state index in [9.17, 15) is 9.90 Å². The normalized spacial score (nSPS) is 14.7. The van der Waals surface area contributed by atoms with Gasteiger partial charge in [0.05, 0.1) is 19.6 Å². The van der Waals surface area contributed by atoms with Crippen LogP contribution >= 0.6 is 0 Å². The predicted molar refractivity (Wildman–Crippen MR) is 61.9 cm³/mol. The van der Waals surface area contributed by atoms with Crippen LogP contribution in [0.15, 0.2) is 12.1 Å². The van der Waals surface area contributed by atoms with Gasteiger partial charge in [-0.05, 0) is 23.3 Å². The second kappa shape index (κ2) is 4.04. The third-order valence-electron chi connectivity index (χ3n) is 3.16. The first-order valence-electron chi connectivity index (χ1n) is 5.55. The van der Waals surface area contributed by atoms with Crippen molar-refractivity contribution in [2.75, 3.05) is 0 Å². The molecule has 0 bridgehead atoms. The van der Waals surface area contributed by atoms with E-state index in [1.165, 1.54) is 0 Å². The summed E-state index contributed by atoms with van der Waals surface area (Å²) < 4.78 is 5.29. The number of hydrogen-bond acceptors (Lipinski definition) is 3. The topological polar surface area (TPSA) is 66.8 Å². The van der Waals surface area contributed by atoms with E-state index in [0.29, 0.717) is 18.8 Å². The minimum absolute atomic E-state index is 0.0137. The molecule has 1 aliphatic heterocycles. The van der Waals surface area contributed by atoms with Crippen molar-refractivity contribution in [1.82, 2.24) is 0 Å². The molecule has 0 spiro atoms. The van der Waals surface area contributed by atoms with Gasteiger partial charge in [0.1, 0.15) is 5.75 Å². The molecule has 1 heterocycles. The lowest BCUT2D eigenvalue weighted by atomic mass is 9.80. The van der Waals surface area contributed by atoms with Crippen LogP contribution < -0.4 is 0 Å². The van der Waals surface area contributed by atoms with Gasteiger partial charge in [0.2, 0.25) is 0 Å². The van der Waals surface area contributed by atoms with Crippen LogP contribution in [0.5, 0.6) is 5.75 Å². The summed E-state index contributed by atoms with van der Waals surface area (Å²) in [5.74, 6) is -0.716. The van der Waals surface area contributed by atoms with Gasteiger partial charge in [-0.15, -0.1) is 0 Å². The number of benzene rings is 1. The lowest BCUT2D eigenvalue weighted by molar-refractivity contribution is -0.138. The van der Waals surface area contributed by atoms with Crippen molar-refractivity contribution in [3.8, 4) is 5.75 Å². The van der Waals surface area contributed by atoms with Gasteiger partial charge in [0, 0.05) is 11.0 Å². The molecule has 0 saturated heterocycles. The third kappa shape index (κ3) is 2.26. The lowest BCUT2D eigenvalue weighted by Crippen LogP contribution is -2.22. The molecule has 4 nitrogen and oxygen atoms in total. The fraction of sp³-hybridized carbons (Fsp3) is 0.462. The number of aromatic hydroxyl groups is 1. The highest BCUT2D eigenvalue weighted by molar-refractivity contribution is 5.69. The second-order valence-corrected chi connectivity index (χ2v) is 5.09. The number of carbonyl (C=O) groups is 1. The lowest BCUT2D eigenvalue weighted by Gasteiger charge is -2.24. The molecule has 1 aromatic rings. The van der Waals surface area contributed by atoms with E-state index in [4.69, 9.17) is 9.84 Å². The minimum atomic E-state index is -0.869. The fourth-order valence-electron chi connectivity index (χ4n) is 2.23. The van der Waals surface area contributed by atoms with Gasteiger partial charge in [-0.1, -0.05) is 13.8 Å². The highest BCUT2D eigenvalue weighted by atomic mass is 16.5. The van der Waals surface area contributed by atoms with Crippen molar-refractivity contribution in [3.05, 3.63) is 28.8 Å².